The third-order valence-electron chi connectivity index (χ3n) is 3.98. The predicted octanol–water partition coefficient (Wildman–Crippen LogP) is 2.55. The van der Waals surface area contributed by atoms with Crippen LogP contribution in [0.5, 0.6) is 0 Å². The van der Waals surface area contributed by atoms with E-state index in [1.54, 1.807) is 10.6 Å². The highest BCUT2D eigenvalue weighted by atomic mass is 16.6. The van der Waals surface area contributed by atoms with E-state index in [0.29, 0.717) is 17.4 Å². The molecule has 3 rings (SSSR count). The topological polar surface area (TPSA) is 77.1 Å². The second-order valence-electron chi connectivity index (χ2n) is 5.34. The Labute approximate surface area is 122 Å². The van der Waals surface area contributed by atoms with Crippen LogP contribution in [0.1, 0.15) is 26.2 Å². The van der Waals surface area contributed by atoms with E-state index in [1.807, 2.05) is 12.1 Å². The summed E-state index contributed by atoms with van der Waals surface area (Å²) >= 11 is 0. The fourth-order valence-corrected chi connectivity index (χ4v) is 2.85. The van der Waals surface area contributed by atoms with Crippen molar-refractivity contribution in [2.45, 2.75) is 32.2 Å². The molecule has 0 radical (unpaired) electrons. The molecule has 0 saturated carbocycles. The highest BCUT2D eigenvalue weighted by molar-refractivity contribution is 5.67. The maximum atomic E-state index is 11.4. The Kier molecular flexibility index (Phi) is 3.55. The molecule has 0 N–H and O–H groups in total. The van der Waals surface area contributed by atoms with E-state index in [-0.39, 0.29) is 10.6 Å². The number of nitro benzene ring substituents is 1. The zero-order chi connectivity index (χ0) is 14.8. The Bertz CT molecular complexity index is 641. The number of anilines is 1. The Balaban J connectivity index is 2.02. The summed E-state index contributed by atoms with van der Waals surface area (Å²) in [5.74, 6) is 0. The largest absolute Gasteiger partial charge is 0.363 e. The molecular weight excluding hydrogens is 270 g/mol. The van der Waals surface area contributed by atoms with Crippen molar-refractivity contribution in [3.63, 3.8) is 0 Å². The van der Waals surface area contributed by atoms with Gasteiger partial charge in [-0.1, -0.05) is 0 Å². The first-order chi connectivity index (χ1) is 10.2. The van der Waals surface area contributed by atoms with Crippen molar-refractivity contribution in [3.8, 4) is 5.69 Å². The Morgan fingerprint density at radius 2 is 2.05 bits per heavy atom. The van der Waals surface area contributed by atoms with Gasteiger partial charge in [-0.25, -0.2) is 0 Å². The molecule has 0 bridgehead atoms. The molecule has 0 spiro atoms. The lowest BCUT2D eigenvalue weighted by molar-refractivity contribution is -0.384. The van der Waals surface area contributed by atoms with E-state index in [9.17, 15) is 10.1 Å². The molecule has 1 aromatic carbocycles. The minimum Gasteiger partial charge on any atom is -0.363 e. The minimum atomic E-state index is -0.315. The van der Waals surface area contributed by atoms with Crippen LogP contribution in [0.2, 0.25) is 0 Å². The number of piperidine rings is 1. The second kappa shape index (κ2) is 5.51. The molecule has 1 aromatic heterocycles. The number of nitro groups is 1. The fourth-order valence-electron chi connectivity index (χ4n) is 2.85. The van der Waals surface area contributed by atoms with Crippen LogP contribution >= 0.6 is 0 Å². The van der Waals surface area contributed by atoms with Gasteiger partial charge in [-0.2, -0.15) is 0 Å². The van der Waals surface area contributed by atoms with Gasteiger partial charge in [0.2, 0.25) is 0 Å². The van der Waals surface area contributed by atoms with Crippen molar-refractivity contribution >= 4 is 11.4 Å². The quantitative estimate of drug-likeness (QED) is 0.640. The summed E-state index contributed by atoms with van der Waals surface area (Å²) in [5.41, 5.74) is 1.53. The first-order valence-corrected chi connectivity index (χ1v) is 7.07. The molecule has 1 saturated heterocycles. The molecule has 0 aliphatic carbocycles. The van der Waals surface area contributed by atoms with Crippen molar-refractivity contribution in [2.75, 3.05) is 11.4 Å². The molecule has 1 aliphatic rings. The molecule has 7 heteroatoms. The first-order valence-electron chi connectivity index (χ1n) is 7.07. The highest BCUT2D eigenvalue weighted by Crippen LogP contribution is 2.34. The van der Waals surface area contributed by atoms with Crippen LogP contribution in [0.4, 0.5) is 11.4 Å². The number of nitrogens with zero attached hydrogens (tertiary/aromatic N) is 5. The summed E-state index contributed by atoms with van der Waals surface area (Å²) in [5, 5.41) is 18.9. The molecule has 110 valence electrons. The Morgan fingerprint density at radius 1 is 1.29 bits per heavy atom. The van der Waals surface area contributed by atoms with E-state index in [1.165, 1.54) is 19.1 Å². The SMILES string of the molecule is CC1CCCCN1c1ccc(-n2cnnc2)cc1[N+](=O)[O-]. The fraction of sp³-hybridized carbons (Fsp3) is 0.429. The zero-order valence-corrected chi connectivity index (χ0v) is 11.8. The van der Waals surface area contributed by atoms with Crippen LogP contribution in [0.25, 0.3) is 5.69 Å². The lowest BCUT2D eigenvalue weighted by Crippen LogP contribution is -2.37. The van der Waals surface area contributed by atoms with Crippen LogP contribution in [0.3, 0.4) is 0 Å². The summed E-state index contributed by atoms with van der Waals surface area (Å²) in [6.45, 7) is 2.99. The summed E-state index contributed by atoms with van der Waals surface area (Å²) < 4.78 is 1.66. The van der Waals surface area contributed by atoms with E-state index in [4.69, 9.17) is 0 Å². The number of rotatable bonds is 3. The number of benzene rings is 1. The number of hydrogen-bond donors (Lipinski definition) is 0. The van der Waals surface area contributed by atoms with Crippen molar-refractivity contribution in [2.24, 2.45) is 0 Å². The number of hydrogen-bond acceptors (Lipinski definition) is 5. The van der Waals surface area contributed by atoms with Gasteiger partial charge in [0.05, 0.1) is 10.6 Å². The molecule has 1 aliphatic heterocycles. The van der Waals surface area contributed by atoms with Gasteiger partial charge in [0, 0.05) is 18.7 Å². The third-order valence-corrected chi connectivity index (χ3v) is 3.98. The standard InChI is InChI=1S/C14H17N5O2/c1-11-4-2-3-7-18(11)13-6-5-12(8-14(13)19(20)21)17-9-15-16-10-17/h5-6,8-11H,2-4,7H2,1H3. The molecule has 2 aromatic rings. The van der Waals surface area contributed by atoms with Gasteiger partial charge in [-0.05, 0) is 38.3 Å². The molecule has 21 heavy (non-hydrogen) atoms. The van der Waals surface area contributed by atoms with Crippen LogP contribution in [0, 0.1) is 10.1 Å². The second-order valence-corrected chi connectivity index (χ2v) is 5.34. The van der Waals surface area contributed by atoms with E-state index >= 15 is 0 Å². The third kappa shape index (κ3) is 2.58. The molecular formula is C14H17N5O2. The lowest BCUT2D eigenvalue weighted by atomic mass is 10.0. The zero-order valence-electron chi connectivity index (χ0n) is 11.8. The van der Waals surface area contributed by atoms with Gasteiger partial charge in [0.1, 0.15) is 18.3 Å². The van der Waals surface area contributed by atoms with Gasteiger partial charge in [-0.15, -0.1) is 10.2 Å². The van der Waals surface area contributed by atoms with Gasteiger partial charge in [0.15, 0.2) is 0 Å². The normalized spacial score (nSPS) is 18.7. The van der Waals surface area contributed by atoms with Crippen LogP contribution < -0.4 is 4.90 Å². The summed E-state index contributed by atoms with van der Waals surface area (Å²) in [7, 11) is 0. The van der Waals surface area contributed by atoms with Gasteiger partial charge < -0.3 is 4.90 Å². The predicted molar refractivity (Wildman–Crippen MR) is 78.7 cm³/mol. The van der Waals surface area contributed by atoms with Crippen molar-refractivity contribution in [3.05, 3.63) is 41.0 Å². The van der Waals surface area contributed by atoms with Gasteiger partial charge in [0.25, 0.3) is 5.69 Å². The van der Waals surface area contributed by atoms with Crippen LogP contribution in [0.15, 0.2) is 30.9 Å². The maximum absolute atomic E-state index is 11.4. The van der Waals surface area contributed by atoms with Crippen LogP contribution in [-0.2, 0) is 0 Å². The average Bonchev–Trinajstić information content (AvgIpc) is 3.01. The van der Waals surface area contributed by atoms with E-state index in [0.717, 1.165) is 19.4 Å². The average molecular weight is 287 g/mol. The summed E-state index contributed by atoms with van der Waals surface area (Å²) in [6.07, 6.45) is 6.40. The van der Waals surface area contributed by atoms with E-state index in [2.05, 4.69) is 22.0 Å². The monoisotopic (exact) mass is 287 g/mol. The van der Waals surface area contributed by atoms with Gasteiger partial charge >= 0.3 is 0 Å². The van der Waals surface area contributed by atoms with Crippen LogP contribution in [-0.4, -0.2) is 32.3 Å². The highest BCUT2D eigenvalue weighted by Gasteiger charge is 2.25. The Hall–Kier alpha value is -2.44. The first kappa shape index (κ1) is 13.5. The van der Waals surface area contributed by atoms with Crippen molar-refractivity contribution in [1.82, 2.24) is 14.8 Å². The number of aromatic nitrogens is 3. The molecule has 7 nitrogen and oxygen atoms in total. The maximum Gasteiger partial charge on any atom is 0.294 e. The lowest BCUT2D eigenvalue weighted by Gasteiger charge is -2.35. The summed E-state index contributed by atoms with van der Waals surface area (Å²) in [4.78, 5) is 13.3. The van der Waals surface area contributed by atoms with E-state index < -0.39 is 0 Å². The minimum absolute atomic E-state index is 0.134. The Morgan fingerprint density at radius 3 is 2.71 bits per heavy atom. The molecule has 1 fully saturated rings. The molecule has 1 unspecified atom stereocenters. The molecule has 1 atom stereocenters. The molecule has 2 heterocycles. The summed E-state index contributed by atoms with van der Waals surface area (Å²) in [6, 6.07) is 5.61. The van der Waals surface area contributed by atoms with Crippen molar-refractivity contribution in [1.29, 1.82) is 0 Å². The van der Waals surface area contributed by atoms with Crippen molar-refractivity contribution < 1.29 is 4.92 Å². The van der Waals surface area contributed by atoms with Gasteiger partial charge in [-0.3, -0.25) is 14.7 Å². The smallest absolute Gasteiger partial charge is 0.294 e. The molecule has 0 amide bonds.